The van der Waals surface area contributed by atoms with E-state index in [1.807, 2.05) is 48.5 Å². The summed E-state index contributed by atoms with van der Waals surface area (Å²) in [6.45, 7) is 0.980. The van der Waals surface area contributed by atoms with Gasteiger partial charge in [-0.2, -0.15) is 0 Å². The van der Waals surface area contributed by atoms with Gasteiger partial charge in [0.05, 0.1) is 17.7 Å². The Balaban J connectivity index is 1.52. The molecule has 0 atom stereocenters. The maximum absolute atomic E-state index is 12.0. The average Bonchev–Trinajstić information content (AvgIpc) is 3.05. The van der Waals surface area contributed by atoms with Gasteiger partial charge in [0, 0.05) is 19.2 Å². The maximum Gasteiger partial charge on any atom is 0.339 e. The topological polar surface area (TPSA) is 55.8 Å². The first kappa shape index (κ1) is 20.0. The number of amides is 1. The molecule has 6 heteroatoms. The Kier molecular flexibility index (Phi) is 5.46. The normalized spacial score (nSPS) is 12.6. The molecule has 0 bridgehead atoms. The van der Waals surface area contributed by atoms with Gasteiger partial charge in [0.15, 0.2) is 0 Å². The van der Waals surface area contributed by atoms with Crippen molar-refractivity contribution >= 4 is 23.5 Å². The van der Waals surface area contributed by atoms with Crippen LogP contribution in [0.3, 0.4) is 0 Å². The van der Waals surface area contributed by atoms with Crippen molar-refractivity contribution in [3.8, 4) is 16.9 Å². The zero-order valence-electron chi connectivity index (χ0n) is 16.6. The molecule has 1 aliphatic rings. The van der Waals surface area contributed by atoms with Gasteiger partial charge in [-0.25, -0.2) is 4.79 Å². The predicted molar refractivity (Wildman–Crippen MR) is 115 cm³/mol. The average molecular weight is 422 g/mol. The van der Waals surface area contributed by atoms with E-state index in [1.165, 1.54) is 7.11 Å². The van der Waals surface area contributed by atoms with Crippen LogP contribution >= 0.6 is 11.6 Å². The summed E-state index contributed by atoms with van der Waals surface area (Å²) in [4.78, 5) is 25.6. The molecule has 0 aromatic heterocycles. The number of nitrogens with zero attached hydrogens (tertiary/aromatic N) is 1. The van der Waals surface area contributed by atoms with Crippen LogP contribution in [-0.4, -0.2) is 30.9 Å². The Hall–Kier alpha value is -3.31. The molecule has 0 aliphatic carbocycles. The fraction of sp³-hybridized carbons (Fsp3) is 0.167. The van der Waals surface area contributed by atoms with Gasteiger partial charge in [-0.3, -0.25) is 4.79 Å². The molecule has 3 aromatic rings. The van der Waals surface area contributed by atoms with Crippen LogP contribution in [0.5, 0.6) is 5.75 Å². The Morgan fingerprint density at radius 2 is 1.87 bits per heavy atom. The van der Waals surface area contributed by atoms with Crippen molar-refractivity contribution in [3.05, 3.63) is 87.9 Å². The fourth-order valence-electron chi connectivity index (χ4n) is 3.51. The van der Waals surface area contributed by atoms with Crippen LogP contribution in [0.25, 0.3) is 11.1 Å². The first-order valence-corrected chi connectivity index (χ1v) is 9.82. The molecule has 0 fully saturated rings. The lowest BCUT2D eigenvalue weighted by molar-refractivity contribution is 0.0600. The highest BCUT2D eigenvalue weighted by Crippen LogP contribution is 2.28. The zero-order chi connectivity index (χ0) is 21.3. The Bertz CT molecular complexity index is 1140. The van der Waals surface area contributed by atoms with Crippen molar-refractivity contribution < 1.29 is 19.1 Å². The third kappa shape index (κ3) is 3.89. The monoisotopic (exact) mass is 421 g/mol. The van der Waals surface area contributed by atoms with Crippen molar-refractivity contribution in [2.75, 3.05) is 14.2 Å². The second kappa shape index (κ2) is 8.20. The molecule has 0 saturated carbocycles. The van der Waals surface area contributed by atoms with Gasteiger partial charge < -0.3 is 14.4 Å². The van der Waals surface area contributed by atoms with Crippen molar-refractivity contribution in [1.29, 1.82) is 0 Å². The van der Waals surface area contributed by atoms with Crippen molar-refractivity contribution in [3.63, 3.8) is 0 Å². The fourth-order valence-corrected chi connectivity index (χ4v) is 3.71. The molecule has 0 spiro atoms. The third-order valence-corrected chi connectivity index (χ3v) is 5.43. The quantitative estimate of drug-likeness (QED) is 0.546. The second-order valence-corrected chi connectivity index (χ2v) is 7.56. The number of carbonyl (C=O) groups is 2. The van der Waals surface area contributed by atoms with Crippen LogP contribution < -0.4 is 4.74 Å². The molecule has 5 nitrogen and oxygen atoms in total. The number of carbonyl (C=O) groups excluding carboxylic acids is 2. The summed E-state index contributed by atoms with van der Waals surface area (Å²) in [6, 6.07) is 18.7. The summed E-state index contributed by atoms with van der Waals surface area (Å²) >= 11 is 6.12. The van der Waals surface area contributed by atoms with E-state index < -0.39 is 5.97 Å². The molecule has 0 N–H and O–H groups in total. The summed E-state index contributed by atoms with van der Waals surface area (Å²) in [5.74, 6) is 0.294. The van der Waals surface area contributed by atoms with E-state index in [0.29, 0.717) is 23.7 Å². The number of benzene rings is 3. The van der Waals surface area contributed by atoms with E-state index in [-0.39, 0.29) is 5.91 Å². The van der Waals surface area contributed by atoms with Crippen LogP contribution in [0.2, 0.25) is 5.02 Å². The Labute approximate surface area is 179 Å². The Morgan fingerprint density at radius 3 is 2.67 bits per heavy atom. The minimum absolute atomic E-state index is 0.0403. The van der Waals surface area contributed by atoms with Gasteiger partial charge >= 0.3 is 5.97 Å². The number of fused-ring (bicyclic) bond motifs is 1. The summed E-state index contributed by atoms with van der Waals surface area (Å²) < 4.78 is 10.7. The van der Waals surface area contributed by atoms with Crippen LogP contribution in [0.4, 0.5) is 0 Å². The van der Waals surface area contributed by atoms with Crippen molar-refractivity contribution in [2.24, 2.45) is 0 Å². The molecular formula is C24H20ClNO4. The number of halogens is 1. The summed E-state index contributed by atoms with van der Waals surface area (Å²) in [5.41, 5.74) is 4.83. The third-order valence-electron chi connectivity index (χ3n) is 5.10. The largest absolute Gasteiger partial charge is 0.489 e. The van der Waals surface area contributed by atoms with E-state index in [0.717, 1.165) is 33.6 Å². The van der Waals surface area contributed by atoms with Gasteiger partial charge in [-0.05, 0) is 58.7 Å². The number of hydrogen-bond acceptors (Lipinski definition) is 4. The van der Waals surface area contributed by atoms with E-state index in [1.54, 1.807) is 24.1 Å². The van der Waals surface area contributed by atoms with Gasteiger partial charge in [-0.1, -0.05) is 35.9 Å². The molecule has 1 heterocycles. The minimum Gasteiger partial charge on any atom is -0.489 e. The number of esters is 1. The minimum atomic E-state index is -0.470. The SMILES string of the molecule is COC(=O)c1cc(-c2cccc(COc3ccc4c(c3)CN(C)C4=O)c2)ccc1Cl. The number of hydrogen-bond donors (Lipinski definition) is 0. The van der Waals surface area contributed by atoms with Crippen molar-refractivity contribution in [1.82, 2.24) is 4.90 Å². The van der Waals surface area contributed by atoms with Crippen LogP contribution in [0.15, 0.2) is 60.7 Å². The number of rotatable bonds is 5. The molecule has 30 heavy (non-hydrogen) atoms. The van der Waals surface area contributed by atoms with Gasteiger partial charge in [-0.15, -0.1) is 0 Å². The summed E-state index contributed by atoms with van der Waals surface area (Å²) in [6.07, 6.45) is 0. The number of methoxy groups -OCH3 is 1. The van der Waals surface area contributed by atoms with E-state index in [9.17, 15) is 9.59 Å². The van der Waals surface area contributed by atoms with Gasteiger partial charge in [0.25, 0.3) is 5.91 Å². The summed E-state index contributed by atoms with van der Waals surface area (Å²) in [5, 5.41) is 0.353. The molecular weight excluding hydrogens is 402 g/mol. The second-order valence-electron chi connectivity index (χ2n) is 7.16. The first-order valence-electron chi connectivity index (χ1n) is 9.44. The van der Waals surface area contributed by atoms with E-state index in [2.05, 4.69) is 0 Å². The highest BCUT2D eigenvalue weighted by atomic mass is 35.5. The molecule has 1 amide bonds. The van der Waals surface area contributed by atoms with Crippen molar-refractivity contribution in [2.45, 2.75) is 13.2 Å². The molecule has 0 radical (unpaired) electrons. The molecule has 0 unspecified atom stereocenters. The molecule has 152 valence electrons. The lowest BCUT2D eigenvalue weighted by Crippen LogP contribution is -2.17. The zero-order valence-corrected chi connectivity index (χ0v) is 17.4. The lowest BCUT2D eigenvalue weighted by atomic mass is 10.0. The van der Waals surface area contributed by atoms with Crippen LogP contribution in [-0.2, 0) is 17.9 Å². The molecule has 1 aliphatic heterocycles. The Morgan fingerprint density at radius 1 is 1.07 bits per heavy atom. The van der Waals surface area contributed by atoms with Gasteiger partial charge in [0.1, 0.15) is 12.4 Å². The van der Waals surface area contributed by atoms with Crippen LogP contribution in [0.1, 0.15) is 31.8 Å². The number of ether oxygens (including phenoxy) is 2. The van der Waals surface area contributed by atoms with Gasteiger partial charge in [0.2, 0.25) is 0 Å². The highest BCUT2D eigenvalue weighted by molar-refractivity contribution is 6.33. The highest BCUT2D eigenvalue weighted by Gasteiger charge is 2.24. The molecule has 0 saturated heterocycles. The van der Waals surface area contributed by atoms with E-state index in [4.69, 9.17) is 21.1 Å². The first-order chi connectivity index (χ1) is 14.5. The maximum atomic E-state index is 12.0. The van der Waals surface area contributed by atoms with Crippen LogP contribution in [0, 0.1) is 0 Å². The van der Waals surface area contributed by atoms with E-state index >= 15 is 0 Å². The molecule has 4 rings (SSSR count). The lowest BCUT2D eigenvalue weighted by Gasteiger charge is -2.10. The standard InChI is InChI=1S/C24H20ClNO4/c1-26-13-18-11-19(7-8-20(18)23(26)27)30-14-15-4-3-5-16(10-15)17-6-9-22(25)21(12-17)24(28)29-2/h3-12H,13-14H2,1-2H3. The smallest absolute Gasteiger partial charge is 0.339 e. The molecule has 3 aromatic carbocycles. The summed E-state index contributed by atoms with van der Waals surface area (Å²) in [7, 11) is 3.12. The predicted octanol–water partition coefficient (Wildman–Crippen LogP) is 4.96.